The van der Waals surface area contributed by atoms with Gasteiger partial charge in [-0.05, 0) is 34.7 Å². The predicted molar refractivity (Wildman–Crippen MR) is 94.5 cm³/mol. The number of tetrazole rings is 1. The van der Waals surface area contributed by atoms with E-state index in [0.29, 0.717) is 16.4 Å². The van der Waals surface area contributed by atoms with Crippen LogP contribution in [0, 0.1) is 0 Å². The summed E-state index contributed by atoms with van der Waals surface area (Å²) in [7, 11) is 0. The van der Waals surface area contributed by atoms with E-state index in [-0.39, 0.29) is 10.6 Å². The molecule has 132 valence electrons. The van der Waals surface area contributed by atoms with E-state index >= 15 is 0 Å². The fourth-order valence-electron chi connectivity index (χ4n) is 2.11. The third-order valence-corrected chi connectivity index (χ3v) is 4.10. The number of benzene rings is 2. The lowest BCUT2D eigenvalue weighted by Gasteiger charge is -2.10. The van der Waals surface area contributed by atoms with Crippen molar-refractivity contribution < 1.29 is 14.3 Å². The van der Waals surface area contributed by atoms with Gasteiger partial charge >= 0.3 is 5.97 Å². The van der Waals surface area contributed by atoms with Gasteiger partial charge < -0.3 is 10.1 Å². The van der Waals surface area contributed by atoms with Crippen LogP contribution < -0.4 is 5.32 Å². The number of aromatic nitrogens is 4. The molecule has 1 aromatic heterocycles. The Morgan fingerprint density at radius 1 is 1.12 bits per heavy atom. The molecule has 0 aliphatic rings. The zero-order chi connectivity index (χ0) is 18.5. The second-order valence-corrected chi connectivity index (χ2v) is 5.78. The van der Waals surface area contributed by atoms with Crippen molar-refractivity contribution in [1.82, 2.24) is 20.2 Å². The third-order valence-electron chi connectivity index (χ3n) is 3.28. The lowest BCUT2D eigenvalue weighted by atomic mass is 10.2. The Hall–Kier alpha value is -2.97. The van der Waals surface area contributed by atoms with Crippen LogP contribution in [0.4, 0.5) is 5.69 Å². The first-order chi connectivity index (χ1) is 12.6. The van der Waals surface area contributed by atoms with Crippen LogP contribution in [0.25, 0.3) is 5.69 Å². The van der Waals surface area contributed by atoms with Crippen molar-refractivity contribution in [3.63, 3.8) is 0 Å². The monoisotopic (exact) mass is 391 g/mol. The minimum Gasteiger partial charge on any atom is -0.452 e. The molecule has 0 saturated carbocycles. The molecule has 26 heavy (non-hydrogen) atoms. The quantitative estimate of drug-likeness (QED) is 0.671. The van der Waals surface area contributed by atoms with Gasteiger partial charge in [0.1, 0.15) is 6.33 Å². The van der Waals surface area contributed by atoms with E-state index in [0.717, 1.165) is 0 Å². The molecule has 0 aliphatic carbocycles. The van der Waals surface area contributed by atoms with Crippen molar-refractivity contribution in [2.24, 2.45) is 0 Å². The highest BCUT2D eigenvalue weighted by molar-refractivity contribution is 6.44. The number of amides is 1. The van der Waals surface area contributed by atoms with Gasteiger partial charge in [0.15, 0.2) is 6.61 Å². The van der Waals surface area contributed by atoms with Gasteiger partial charge in [0.2, 0.25) is 0 Å². The molecule has 0 atom stereocenters. The van der Waals surface area contributed by atoms with Crippen LogP contribution in [0.3, 0.4) is 0 Å². The van der Waals surface area contributed by atoms with Crippen LogP contribution in [0.5, 0.6) is 0 Å². The number of nitrogens with one attached hydrogen (secondary N) is 1. The van der Waals surface area contributed by atoms with Gasteiger partial charge in [0.05, 0.1) is 27.0 Å². The van der Waals surface area contributed by atoms with E-state index in [1.807, 2.05) is 0 Å². The maximum Gasteiger partial charge on any atom is 0.340 e. The lowest BCUT2D eigenvalue weighted by Crippen LogP contribution is -2.21. The average molecular weight is 392 g/mol. The van der Waals surface area contributed by atoms with Gasteiger partial charge in [-0.2, -0.15) is 4.68 Å². The topological polar surface area (TPSA) is 99.0 Å². The molecular formula is C16H11Cl2N5O3. The Morgan fingerprint density at radius 2 is 1.92 bits per heavy atom. The largest absolute Gasteiger partial charge is 0.452 e. The van der Waals surface area contributed by atoms with Gasteiger partial charge in [-0.3, -0.25) is 4.79 Å². The maximum atomic E-state index is 12.3. The number of hydrogen-bond acceptors (Lipinski definition) is 6. The number of rotatable bonds is 5. The van der Waals surface area contributed by atoms with Gasteiger partial charge in [-0.15, -0.1) is 5.10 Å². The summed E-state index contributed by atoms with van der Waals surface area (Å²) in [4.78, 5) is 24.3. The number of hydrogen-bond donors (Lipinski definition) is 1. The minimum atomic E-state index is -0.691. The Morgan fingerprint density at radius 3 is 2.69 bits per heavy atom. The number of anilines is 1. The van der Waals surface area contributed by atoms with Crippen molar-refractivity contribution in [1.29, 1.82) is 0 Å². The highest BCUT2D eigenvalue weighted by Gasteiger charge is 2.16. The van der Waals surface area contributed by atoms with Crippen molar-refractivity contribution in [2.45, 2.75) is 0 Å². The number of carbonyl (C=O) groups excluding carboxylic acids is 2. The molecule has 0 radical (unpaired) electrons. The summed E-state index contributed by atoms with van der Waals surface area (Å²) in [5, 5.41) is 13.8. The van der Waals surface area contributed by atoms with Gasteiger partial charge in [0, 0.05) is 0 Å². The molecule has 1 amide bonds. The first-order valence-corrected chi connectivity index (χ1v) is 8.05. The fourth-order valence-corrected chi connectivity index (χ4v) is 2.46. The molecule has 0 unspecified atom stereocenters. The van der Waals surface area contributed by atoms with Crippen molar-refractivity contribution in [3.8, 4) is 5.69 Å². The molecule has 2 aromatic carbocycles. The molecule has 0 saturated heterocycles. The fraction of sp³-hybridized carbons (Fsp3) is 0.0625. The lowest BCUT2D eigenvalue weighted by molar-refractivity contribution is -0.119. The summed E-state index contributed by atoms with van der Waals surface area (Å²) in [6, 6.07) is 11.4. The SMILES string of the molecule is O=C(COC(=O)c1ccccc1-n1cnnn1)Nc1cccc(Cl)c1Cl. The molecule has 8 nitrogen and oxygen atoms in total. The minimum absolute atomic E-state index is 0.206. The smallest absolute Gasteiger partial charge is 0.340 e. The van der Waals surface area contributed by atoms with E-state index in [9.17, 15) is 9.59 Å². The zero-order valence-electron chi connectivity index (χ0n) is 13.1. The van der Waals surface area contributed by atoms with Crippen LogP contribution in [0.2, 0.25) is 10.0 Å². The molecule has 0 aliphatic heterocycles. The van der Waals surface area contributed by atoms with Crippen LogP contribution in [-0.2, 0) is 9.53 Å². The third kappa shape index (κ3) is 3.98. The second-order valence-electron chi connectivity index (χ2n) is 5.00. The standard InChI is InChI=1S/C16H11Cl2N5O3/c17-11-5-3-6-12(15(11)18)20-14(24)8-26-16(25)10-4-1-2-7-13(10)23-9-19-21-22-23/h1-7,9H,8H2,(H,20,24). The number of carbonyl (C=O) groups is 2. The number of nitrogens with zero attached hydrogens (tertiary/aromatic N) is 4. The molecule has 0 fully saturated rings. The number of ether oxygens (including phenoxy) is 1. The first kappa shape index (κ1) is 17.8. The summed E-state index contributed by atoms with van der Waals surface area (Å²) in [5.41, 5.74) is 0.975. The van der Waals surface area contributed by atoms with Gasteiger partial charge in [-0.25, -0.2) is 4.79 Å². The number of para-hydroxylation sites is 1. The van der Waals surface area contributed by atoms with E-state index in [1.165, 1.54) is 11.0 Å². The zero-order valence-corrected chi connectivity index (χ0v) is 14.6. The molecule has 10 heteroatoms. The van der Waals surface area contributed by atoms with Crippen LogP contribution in [0.15, 0.2) is 48.8 Å². The van der Waals surface area contributed by atoms with Crippen molar-refractivity contribution >= 4 is 40.8 Å². The normalized spacial score (nSPS) is 10.4. The summed E-state index contributed by atoms with van der Waals surface area (Å²) >= 11 is 11.9. The summed E-state index contributed by atoms with van der Waals surface area (Å²) in [6.07, 6.45) is 1.35. The number of esters is 1. The van der Waals surface area contributed by atoms with E-state index < -0.39 is 18.5 Å². The molecule has 3 aromatic rings. The van der Waals surface area contributed by atoms with E-state index in [4.69, 9.17) is 27.9 Å². The van der Waals surface area contributed by atoms with Crippen molar-refractivity contribution in [2.75, 3.05) is 11.9 Å². The Labute approximate surface area is 157 Å². The van der Waals surface area contributed by atoms with E-state index in [1.54, 1.807) is 42.5 Å². The number of halogens is 2. The maximum absolute atomic E-state index is 12.3. The van der Waals surface area contributed by atoms with Crippen LogP contribution in [-0.4, -0.2) is 38.7 Å². The summed E-state index contributed by atoms with van der Waals surface area (Å²) in [6.45, 7) is -0.494. The molecule has 1 heterocycles. The van der Waals surface area contributed by atoms with Gasteiger partial charge in [-0.1, -0.05) is 41.4 Å². The highest BCUT2D eigenvalue weighted by Crippen LogP contribution is 2.29. The Bertz CT molecular complexity index is 947. The highest BCUT2D eigenvalue weighted by atomic mass is 35.5. The second kappa shape index (κ2) is 7.94. The average Bonchev–Trinajstić information content (AvgIpc) is 3.18. The molecular weight excluding hydrogens is 381 g/mol. The van der Waals surface area contributed by atoms with E-state index in [2.05, 4.69) is 20.8 Å². The Balaban J connectivity index is 1.66. The van der Waals surface area contributed by atoms with Crippen LogP contribution in [0.1, 0.15) is 10.4 Å². The first-order valence-electron chi connectivity index (χ1n) is 7.29. The summed E-state index contributed by atoms with van der Waals surface area (Å²) in [5.74, 6) is -1.24. The molecule has 0 bridgehead atoms. The van der Waals surface area contributed by atoms with Crippen LogP contribution >= 0.6 is 23.2 Å². The van der Waals surface area contributed by atoms with Crippen molar-refractivity contribution in [3.05, 3.63) is 64.4 Å². The molecule has 0 spiro atoms. The summed E-state index contributed by atoms with van der Waals surface area (Å²) < 4.78 is 6.38. The predicted octanol–water partition coefficient (Wildman–Crippen LogP) is 2.76. The van der Waals surface area contributed by atoms with Gasteiger partial charge in [0.25, 0.3) is 5.91 Å². The Kier molecular flexibility index (Phi) is 5.45. The molecule has 1 N–H and O–H groups in total. The molecule has 3 rings (SSSR count).